The number of rotatable bonds is 2. The molecule has 0 fully saturated rings. The molecule has 1 aromatic carbocycles. The molecule has 20 heavy (non-hydrogen) atoms. The molecule has 0 amide bonds. The van der Waals surface area contributed by atoms with E-state index in [-0.39, 0.29) is 0 Å². The van der Waals surface area contributed by atoms with Gasteiger partial charge >= 0.3 is 0 Å². The van der Waals surface area contributed by atoms with Crippen molar-refractivity contribution in [3.8, 4) is 22.8 Å². The SMILES string of the molecule is C#C[Si](C)(C)C.C[Si](C)(C)C#CSCc1ccccc1. The van der Waals surface area contributed by atoms with E-state index >= 15 is 0 Å². The van der Waals surface area contributed by atoms with Crippen LogP contribution in [0.15, 0.2) is 30.3 Å². The highest BCUT2D eigenvalue weighted by Gasteiger charge is 2.07. The highest BCUT2D eigenvalue weighted by atomic mass is 32.2. The Hall–Kier alpha value is -0.876. The lowest BCUT2D eigenvalue weighted by molar-refractivity contribution is 1.42. The normalized spacial score (nSPS) is 10.4. The molecular weight excluding hydrogens is 292 g/mol. The van der Waals surface area contributed by atoms with E-state index in [0.29, 0.717) is 0 Å². The Morgan fingerprint density at radius 1 is 0.950 bits per heavy atom. The third kappa shape index (κ3) is 13.6. The zero-order chi connectivity index (χ0) is 15.6. The van der Waals surface area contributed by atoms with Crippen molar-refractivity contribution in [1.29, 1.82) is 0 Å². The molecule has 0 aliphatic carbocycles. The molecule has 0 N–H and O–H groups in total. The highest BCUT2D eigenvalue weighted by Crippen LogP contribution is 2.10. The molecule has 0 heterocycles. The van der Waals surface area contributed by atoms with Crippen LogP contribution in [-0.2, 0) is 5.75 Å². The summed E-state index contributed by atoms with van der Waals surface area (Å²) in [6.45, 7) is 13.2. The maximum absolute atomic E-state index is 5.12. The minimum absolute atomic E-state index is 0.998. The van der Waals surface area contributed by atoms with Crippen molar-refractivity contribution in [2.75, 3.05) is 0 Å². The van der Waals surface area contributed by atoms with E-state index in [2.05, 4.69) is 79.9 Å². The van der Waals surface area contributed by atoms with E-state index in [1.54, 1.807) is 11.8 Å². The Labute approximate surface area is 131 Å². The fraction of sp³-hybridized carbons (Fsp3) is 0.412. The molecule has 3 heteroatoms. The second-order valence-electron chi connectivity index (χ2n) is 6.65. The summed E-state index contributed by atoms with van der Waals surface area (Å²) in [4.78, 5) is 0. The van der Waals surface area contributed by atoms with Gasteiger partial charge in [-0.2, -0.15) is 0 Å². The average molecular weight is 319 g/mol. The van der Waals surface area contributed by atoms with E-state index < -0.39 is 16.1 Å². The molecule has 0 aliphatic heterocycles. The van der Waals surface area contributed by atoms with Crippen LogP contribution in [0, 0.1) is 22.8 Å². The predicted molar refractivity (Wildman–Crippen MR) is 101 cm³/mol. The van der Waals surface area contributed by atoms with Gasteiger partial charge in [0, 0.05) is 5.75 Å². The molecule has 0 atom stereocenters. The molecular formula is C17H26SSi2. The van der Waals surface area contributed by atoms with E-state index in [0.717, 1.165) is 5.75 Å². The first kappa shape index (κ1) is 19.1. The number of thioether (sulfide) groups is 1. The zero-order valence-electron chi connectivity index (χ0n) is 13.6. The maximum Gasteiger partial charge on any atom is 0.130 e. The first-order chi connectivity index (χ1) is 9.14. The van der Waals surface area contributed by atoms with Crippen LogP contribution in [0.3, 0.4) is 0 Å². The van der Waals surface area contributed by atoms with Gasteiger partial charge in [0.05, 0.1) is 0 Å². The van der Waals surface area contributed by atoms with Crippen LogP contribution in [0.4, 0.5) is 0 Å². The number of hydrogen-bond acceptors (Lipinski definition) is 1. The van der Waals surface area contributed by atoms with Crippen LogP contribution >= 0.6 is 11.8 Å². The van der Waals surface area contributed by atoms with Gasteiger partial charge < -0.3 is 0 Å². The van der Waals surface area contributed by atoms with Crippen molar-refractivity contribution < 1.29 is 0 Å². The van der Waals surface area contributed by atoms with E-state index in [9.17, 15) is 0 Å². The lowest BCUT2D eigenvalue weighted by Gasteiger charge is -2.02. The van der Waals surface area contributed by atoms with Crippen LogP contribution in [0.5, 0.6) is 0 Å². The fourth-order valence-electron chi connectivity index (χ4n) is 0.883. The van der Waals surface area contributed by atoms with Gasteiger partial charge in [0.15, 0.2) is 0 Å². The number of benzene rings is 1. The number of hydrogen-bond donors (Lipinski definition) is 0. The van der Waals surface area contributed by atoms with Gasteiger partial charge in [-0.1, -0.05) is 81.4 Å². The molecule has 1 aromatic rings. The van der Waals surface area contributed by atoms with Crippen LogP contribution in [0.2, 0.25) is 39.3 Å². The zero-order valence-corrected chi connectivity index (χ0v) is 16.4. The molecule has 0 spiro atoms. The molecule has 0 aromatic heterocycles. The van der Waals surface area contributed by atoms with Gasteiger partial charge in [0.1, 0.15) is 16.1 Å². The largest absolute Gasteiger partial charge is 0.135 e. The van der Waals surface area contributed by atoms with Gasteiger partial charge in [-0.15, -0.1) is 17.5 Å². The summed E-state index contributed by atoms with van der Waals surface area (Å²) in [7, 11) is -2.28. The van der Waals surface area contributed by atoms with Crippen LogP contribution < -0.4 is 0 Å². The molecule has 108 valence electrons. The van der Waals surface area contributed by atoms with E-state index in [1.807, 2.05) is 6.07 Å². The third-order valence-electron chi connectivity index (χ3n) is 2.01. The molecule has 0 unspecified atom stereocenters. The Balaban J connectivity index is 0.000000511. The van der Waals surface area contributed by atoms with Gasteiger partial charge in [-0.25, -0.2) is 0 Å². The third-order valence-corrected chi connectivity index (χ3v) is 4.66. The van der Waals surface area contributed by atoms with Crippen molar-refractivity contribution in [3.05, 3.63) is 35.9 Å². The van der Waals surface area contributed by atoms with E-state index in [4.69, 9.17) is 6.42 Å². The second kappa shape index (κ2) is 9.13. The summed E-state index contributed by atoms with van der Waals surface area (Å²) >= 11 is 1.71. The summed E-state index contributed by atoms with van der Waals surface area (Å²) in [5.74, 6) is 0.998. The fourth-order valence-corrected chi connectivity index (χ4v) is 2.83. The smallest absolute Gasteiger partial charge is 0.130 e. The van der Waals surface area contributed by atoms with Crippen LogP contribution in [0.25, 0.3) is 0 Å². The minimum atomic E-state index is -1.18. The molecule has 0 aliphatic rings. The Morgan fingerprint density at radius 2 is 1.45 bits per heavy atom. The standard InChI is InChI=1S/C12H16SSi.C5H10Si/c1-14(2,3)10-9-13-11-12-7-5-4-6-8-12;1-5-6(2,3)4/h4-8H,11H2,1-3H3;1H,2-4H3. The highest BCUT2D eigenvalue weighted by molar-refractivity contribution is 8.03. The molecule has 0 radical (unpaired) electrons. The molecule has 1 rings (SSSR count). The summed E-state index contributed by atoms with van der Waals surface area (Å²) in [5.41, 5.74) is 7.44. The lowest BCUT2D eigenvalue weighted by Crippen LogP contribution is -2.15. The molecule has 0 saturated heterocycles. The molecule has 0 nitrogen and oxygen atoms in total. The van der Waals surface area contributed by atoms with Crippen molar-refractivity contribution in [3.63, 3.8) is 0 Å². The topological polar surface area (TPSA) is 0 Å². The van der Waals surface area contributed by atoms with Gasteiger partial charge in [0.25, 0.3) is 0 Å². The summed E-state index contributed by atoms with van der Waals surface area (Å²) < 4.78 is 0. The first-order valence-corrected chi connectivity index (χ1v) is 14.8. The van der Waals surface area contributed by atoms with Crippen molar-refractivity contribution in [2.24, 2.45) is 0 Å². The first-order valence-electron chi connectivity index (χ1n) is 6.80. The van der Waals surface area contributed by atoms with Gasteiger partial charge in [0.2, 0.25) is 0 Å². The van der Waals surface area contributed by atoms with Crippen molar-refractivity contribution >= 4 is 27.9 Å². The summed E-state index contributed by atoms with van der Waals surface area (Å²) in [6.07, 6.45) is 5.12. The van der Waals surface area contributed by atoms with Crippen molar-refractivity contribution in [1.82, 2.24) is 0 Å². The summed E-state index contributed by atoms with van der Waals surface area (Å²) in [5, 5.41) is 3.20. The van der Waals surface area contributed by atoms with Crippen LogP contribution in [0.1, 0.15) is 5.56 Å². The summed E-state index contributed by atoms with van der Waals surface area (Å²) in [6, 6.07) is 10.5. The average Bonchev–Trinajstić information content (AvgIpc) is 2.35. The van der Waals surface area contributed by atoms with E-state index in [1.165, 1.54) is 5.56 Å². The number of terminal acetylenes is 1. The predicted octanol–water partition coefficient (Wildman–Crippen LogP) is 5.26. The van der Waals surface area contributed by atoms with Crippen molar-refractivity contribution in [2.45, 2.75) is 45.0 Å². The Morgan fingerprint density at radius 3 is 1.85 bits per heavy atom. The van der Waals surface area contributed by atoms with Crippen LogP contribution in [-0.4, -0.2) is 16.1 Å². The lowest BCUT2D eigenvalue weighted by atomic mass is 10.2. The Bertz CT molecular complexity index is 476. The monoisotopic (exact) mass is 318 g/mol. The maximum atomic E-state index is 5.12. The molecule has 0 saturated carbocycles. The van der Waals surface area contributed by atoms with Gasteiger partial charge in [-0.3, -0.25) is 0 Å². The Kier molecular flexibility index (Phi) is 8.73. The quantitative estimate of drug-likeness (QED) is 0.530. The molecule has 0 bridgehead atoms. The van der Waals surface area contributed by atoms with Gasteiger partial charge in [-0.05, 0) is 10.8 Å². The minimum Gasteiger partial charge on any atom is -0.135 e. The second-order valence-corrected chi connectivity index (χ2v) is 17.0.